The number of methoxy groups -OCH3 is 1. The Balaban J connectivity index is 1.99. The highest BCUT2D eigenvalue weighted by molar-refractivity contribution is 5.94. The van der Waals surface area contributed by atoms with E-state index in [1.165, 1.54) is 44.5 Å². The van der Waals surface area contributed by atoms with Crippen LogP contribution in [-0.2, 0) is 4.74 Å². The molecular formula is C28H27NO. The van der Waals surface area contributed by atoms with Crippen molar-refractivity contribution in [2.45, 2.75) is 13.8 Å². The van der Waals surface area contributed by atoms with Gasteiger partial charge in [-0.15, -0.1) is 0 Å². The minimum atomic E-state index is 0.447. The van der Waals surface area contributed by atoms with Gasteiger partial charge >= 0.3 is 0 Å². The highest BCUT2D eigenvalue weighted by Crippen LogP contribution is 2.41. The van der Waals surface area contributed by atoms with Crippen molar-refractivity contribution in [1.29, 1.82) is 0 Å². The first-order valence-electron chi connectivity index (χ1n) is 10.3. The number of hydrogen-bond acceptors (Lipinski definition) is 2. The third-order valence-electron chi connectivity index (χ3n) is 5.36. The lowest BCUT2D eigenvalue weighted by molar-refractivity contribution is 0.221. The molecule has 0 radical (unpaired) electrons. The minimum absolute atomic E-state index is 0.447. The molecule has 0 saturated heterocycles. The van der Waals surface area contributed by atoms with Gasteiger partial charge in [0.1, 0.15) is 6.73 Å². The van der Waals surface area contributed by atoms with Gasteiger partial charge in [-0.1, -0.05) is 90.0 Å². The van der Waals surface area contributed by atoms with Gasteiger partial charge in [0.25, 0.3) is 0 Å². The zero-order valence-electron chi connectivity index (χ0n) is 17.8. The highest BCUT2D eigenvalue weighted by atomic mass is 16.5. The Labute approximate surface area is 179 Å². The van der Waals surface area contributed by atoms with E-state index >= 15 is 0 Å². The Kier molecular flexibility index (Phi) is 5.97. The van der Waals surface area contributed by atoms with E-state index in [9.17, 15) is 0 Å². The van der Waals surface area contributed by atoms with E-state index in [-0.39, 0.29) is 0 Å². The van der Waals surface area contributed by atoms with E-state index in [1.54, 1.807) is 7.11 Å². The van der Waals surface area contributed by atoms with E-state index in [4.69, 9.17) is 4.74 Å². The fraction of sp³-hybridized carbons (Fsp3) is 0.143. The lowest BCUT2D eigenvalue weighted by Gasteiger charge is -2.20. The lowest BCUT2D eigenvalue weighted by Crippen LogP contribution is -2.06. The van der Waals surface area contributed by atoms with Crippen LogP contribution < -0.4 is 5.32 Å². The zero-order valence-corrected chi connectivity index (χ0v) is 17.8. The third kappa shape index (κ3) is 4.29. The van der Waals surface area contributed by atoms with E-state index in [1.807, 2.05) is 0 Å². The molecule has 0 bridgehead atoms. The van der Waals surface area contributed by atoms with Crippen molar-refractivity contribution in [3.63, 3.8) is 0 Å². The molecule has 0 aliphatic rings. The van der Waals surface area contributed by atoms with Crippen molar-refractivity contribution < 1.29 is 4.74 Å². The predicted octanol–water partition coefficient (Wildman–Crippen LogP) is 7.32. The summed E-state index contributed by atoms with van der Waals surface area (Å²) < 4.78 is 5.37. The number of nitrogens with one attached hydrogen (secondary N) is 1. The molecule has 4 rings (SSSR count). The van der Waals surface area contributed by atoms with Crippen LogP contribution in [0, 0.1) is 13.8 Å². The summed E-state index contributed by atoms with van der Waals surface area (Å²) in [5.41, 5.74) is 10.7. The first-order valence-corrected chi connectivity index (χ1v) is 10.3. The van der Waals surface area contributed by atoms with Crippen LogP contribution in [-0.4, -0.2) is 13.8 Å². The largest absolute Gasteiger partial charge is 0.365 e. The van der Waals surface area contributed by atoms with Crippen molar-refractivity contribution in [2.24, 2.45) is 0 Å². The normalized spacial score (nSPS) is 10.8. The number of benzene rings is 4. The monoisotopic (exact) mass is 393 g/mol. The van der Waals surface area contributed by atoms with Crippen molar-refractivity contribution in [3.8, 4) is 33.4 Å². The second-order valence-corrected chi connectivity index (χ2v) is 7.65. The summed E-state index contributed by atoms with van der Waals surface area (Å²) in [6.07, 6.45) is 0. The summed E-state index contributed by atoms with van der Waals surface area (Å²) in [5, 5.41) is 3.51. The summed E-state index contributed by atoms with van der Waals surface area (Å²) >= 11 is 0. The molecule has 4 aromatic rings. The van der Waals surface area contributed by atoms with Gasteiger partial charge in [-0.05, 0) is 48.2 Å². The van der Waals surface area contributed by atoms with Crippen LogP contribution in [0.15, 0.2) is 91.0 Å². The van der Waals surface area contributed by atoms with Gasteiger partial charge in [0.05, 0.1) is 5.69 Å². The second kappa shape index (κ2) is 8.98. The molecule has 4 aromatic carbocycles. The van der Waals surface area contributed by atoms with Crippen LogP contribution in [0.5, 0.6) is 0 Å². The minimum Gasteiger partial charge on any atom is -0.365 e. The van der Waals surface area contributed by atoms with Gasteiger partial charge in [0.2, 0.25) is 0 Å². The maximum absolute atomic E-state index is 5.37. The number of aryl methyl sites for hydroxylation is 2. The maximum atomic E-state index is 5.37. The Morgan fingerprint density at radius 2 is 1.10 bits per heavy atom. The third-order valence-corrected chi connectivity index (χ3v) is 5.36. The summed E-state index contributed by atoms with van der Waals surface area (Å²) in [4.78, 5) is 0. The van der Waals surface area contributed by atoms with Gasteiger partial charge in [-0.2, -0.15) is 0 Å². The second-order valence-electron chi connectivity index (χ2n) is 7.65. The summed E-state index contributed by atoms with van der Waals surface area (Å²) in [7, 11) is 1.71. The molecular weight excluding hydrogens is 366 g/mol. The standard InChI is InChI=1S/C28H27NO/c1-20-9-13-23(14-10-20)26-17-25(22-7-5-4-6-8-22)18-27(28(26)29-19-30-3)24-15-11-21(2)12-16-24/h4-18,29H,19H2,1-3H3. The van der Waals surface area contributed by atoms with Crippen LogP contribution in [0.3, 0.4) is 0 Å². The predicted molar refractivity (Wildman–Crippen MR) is 128 cm³/mol. The Bertz CT molecular complexity index is 1050. The molecule has 30 heavy (non-hydrogen) atoms. The average molecular weight is 394 g/mol. The SMILES string of the molecule is COCNc1c(-c2ccc(C)cc2)cc(-c2ccccc2)cc1-c1ccc(C)cc1. The van der Waals surface area contributed by atoms with Crippen LogP contribution >= 0.6 is 0 Å². The molecule has 0 unspecified atom stereocenters. The fourth-order valence-electron chi connectivity index (χ4n) is 3.70. The first kappa shape index (κ1) is 19.9. The topological polar surface area (TPSA) is 21.3 Å². The number of anilines is 1. The fourth-order valence-corrected chi connectivity index (χ4v) is 3.70. The Morgan fingerprint density at radius 1 is 0.600 bits per heavy atom. The average Bonchev–Trinajstić information content (AvgIpc) is 2.79. The van der Waals surface area contributed by atoms with Crippen molar-refractivity contribution in [1.82, 2.24) is 0 Å². The molecule has 0 saturated carbocycles. The number of ether oxygens (including phenoxy) is 1. The molecule has 0 spiro atoms. The van der Waals surface area contributed by atoms with E-state index in [0.717, 1.165) is 5.69 Å². The first-order chi connectivity index (χ1) is 14.7. The zero-order chi connectivity index (χ0) is 20.9. The van der Waals surface area contributed by atoms with Gasteiger partial charge in [0.15, 0.2) is 0 Å². The van der Waals surface area contributed by atoms with Crippen molar-refractivity contribution in [2.75, 3.05) is 19.2 Å². The number of hydrogen-bond donors (Lipinski definition) is 1. The van der Waals surface area contributed by atoms with Gasteiger partial charge in [-0.3, -0.25) is 0 Å². The molecule has 0 heterocycles. The molecule has 0 fully saturated rings. The van der Waals surface area contributed by atoms with E-state index < -0.39 is 0 Å². The molecule has 0 aromatic heterocycles. The van der Waals surface area contributed by atoms with Crippen LogP contribution in [0.1, 0.15) is 11.1 Å². The Morgan fingerprint density at radius 3 is 1.57 bits per heavy atom. The molecule has 1 N–H and O–H groups in total. The summed E-state index contributed by atoms with van der Waals surface area (Å²) in [6, 6.07) is 32.5. The van der Waals surface area contributed by atoms with Crippen LogP contribution in [0.4, 0.5) is 5.69 Å². The van der Waals surface area contributed by atoms with Gasteiger partial charge in [0, 0.05) is 18.2 Å². The van der Waals surface area contributed by atoms with Crippen molar-refractivity contribution in [3.05, 3.63) is 102 Å². The molecule has 0 atom stereocenters. The van der Waals surface area contributed by atoms with Crippen molar-refractivity contribution >= 4 is 5.69 Å². The van der Waals surface area contributed by atoms with E-state index in [0.29, 0.717) is 6.73 Å². The summed E-state index contributed by atoms with van der Waals surface area (Å²) in [6.45, 7) is 4.68. The smallest absolute Gasteiger partial charge is 0.116 e. The Hall–Kier alpha value is -3.36. The number of rotatable bonds is 6. The molecule has 2 nitrogen and oxygen atoms in total. The lowest BCUT2D eigenvalue weighted by atomic mass is 9.90. The molecule has 0 aliphatic carbocycles. The molecule has 0 amide bonds. The van der Waals surface area contributed by atoms with Gasteiger partial charge < -0.3 is 10.1 Å². The maximum Gasteiger partial charge on any atom is 0.116 e. The van der Waals surface area contributed by atoms with Crippen LogP contribution in [0.25, 0.3) is 33.4 Å². The molecule has 0 aliphatic heterocycles. The quantitative estimate of drug-likeness (QED) is 0.347. The highest BCUT2D eigenvalue weighted by Gasteiger charge is 2.15. The molecule has 2 heteroatoms. The van der Waals surface area contributed by atoms with E-state index in [2.05, 4.69) is 110 Å². The van der Waals surface area contributed by atoms with Gasteiger partial charge in [-0.25, -0.2) is 0 Å². The van der Waals surface area contributed by atoms with Crippen LogP contribution in [0.2, 0.25) is 0 Å². The summed E-state index contributed by atoms with van der Waals surface area (Å²) in [5.74, 6) is 0. The molecule has 150 valence electrons.